The van der Waals surface area contributed by atoms with Gasteiger partial charge in [-0.1, -0.05) is 30.3 Å². The summed E-state index contributed by atoms with van der Waals surface area (Å²) in [6.07, 6.45) is 0. The molecule has 0 aliphatic carbocycles. The summed E-state index contributed by atoms with van der Waals surface area (Å²) in [5, 5.41) is 0. The van der Waals surface area contributed by atoms with Crippen molar-refractivity contribution >= 4 is 11.9 Å². The molecule has 1 aromatic carbocycles. The van der Waals surface area contributed by atoms with E-state index in [9.17, 15) is 9.59 Å². The molecular weight excluding hydrogens is 210 g/mol. The topological polar surface area (TPSA) is 64.6 Å². The third-order valence-corrected chi connectivity index (χ3v) is 2.49. The second-order valence-corrected chi connectivity index (χ2v) is 3.43. The first-order valence-electron chi connectivity index (χ1n) is 4.83. The summed E-state index contributed by atoms with van der Waals surface area (Å²) in [6, 6.07) is 8.66. The molecule has 2 rings (SSSR count). The number of hydrogen-bond donors (Lipinski definition) is 1. The quantitative estimate of drug-likeness (QED) is 0.584. The number of ether oxygens (including phenoxy) is 1. The Hall–Kier alpha value is -1.88. The molecular formula is C11H11NO4. The van der Waals surface area contributed by atoms with Gasteiger partial charge in [-0.05, 0) is 5.56 Å². The van der Waals surface area contributed by atoms with Gasteiger partial charge in [0, 0.05) is 0 Å². The highest BCUT2D eigenvalue weighted by Gasteiger charge is 2.44. The van der Waals surface area contributed by atoms with Gasteiger partial charge in [-0.25, -0.2) is 4.79 Å². The van der Waals surface area contributed by atoms with Crippen molar-refractivity contribution in [3.8, 4) is 0 Å². The number of rotatable bonds is 2. The number of hydroxylamine groups is 1. The number of benzene rings is 1. The van der Waals surface area contributed by atoms with Gasteiger partial charge in [0.2, 0.25) is 0 Å². The van der Waals surface area contributed by atoms with Crippen LogP contribution in [0.4, 0.5) is 0 Å². The molecule has 1 saturated heterocycles. The van der Waals surface area contributed by atoms with Crippen LogP contribution < -0.4 is 5.48 Å². The Morgan fingerprint density at radius 2 is 2.06 bits per heavy atom. The molecule has 16 heavy (non-hydrogen) atoms. The van der Waals surface area contributed by atoms with Crippen molar-refractivity contribution in [3.63, 3.8) is 0 Å². The van der Waals surface area contributed by atoms with E-state index < -0.39 is 23.9 Å². The van der Waals surface area contributed by atoms with E-state index >= 15 is 0 Å². The maximum atomic E-state index is 11.4. The van der Waals surface area contributed by atoms with Crippen molar-refractivity contribution in [3.05, 3.63) is 35.9 Å². The number of hydrogen-bond acceptors (Lipinski definition) is 5. The van der Waals surface area contributed by atoms with Crippen LogP contribution in [-0.4, -0.2) is 19.0 Å². The van der Waals surface area contributed by atoms with E-state index in [4.69, 9.17) is 0 Å². The lowest BCUT2D eigenvalue weighted by atomic mass is 9.95. The summed E-state index contributed by atoms with van der Waals surface area (Å²) in [5.74, 6) is -2.14. The molecule has 0 spiro atoms. The molecule has 0 aromatic heterocycles. The standard InChI is InChI=1S/C11H11NO4/c1-15-10(13)8-9(12-16-11(8)14)7-5-3-2-4-6-7/h2-6,8-9,12H,1H3. The molecule has 0 saturated carbocycles. The lowest BCUT2D eigenvalue weighted by Crippen LogP contribution is -2.27. The molecule has 1 heterocycles. The van der Waals surface area contributed by atoms with Crippen molar-refractivity contribution in [1.29, 1.82) is 0 Å². The zero-order chi connectivity index (χ0) is 11.5. The van der Waals surface area contributed by atoms with Gasteiger partial charge in [0.05, 0.1) is 13.2 Å². The Balaban J connectivity index is 2.28. The average Bonchev–Trinajstić information content (AvgIpc) is 2.71. The van der Waals surface area contributed by atoms with E-state index in [2.05, 4.69) is 15.1 Å². The van der Waals surface area contributed by atoms with Crippen LogP contribution in [-0.2, 0) is 19.2 Å². The van der Waals surface area contributed by atoms with Crippen LogP contribution >= 0.6 is 0 Å². The SMILES string of the molecule is COC(=O)C1C(=O)ONC1c1ccccc1. The second-order valence-electron chi connectivity index (χ2n) is 3.43. The molecule has 5 nitrogen and oxygen atoms in total. The van der Waals surface area contributed by atoms with E-state index in [-0.39, 0.29) is 0 Å². The van der Waals surface area contributed by atoms with Gasteiger partial charge in [-0.3, -0.25) is 4.79 Å². The van der Waals surface area contributed by atoms with Crippen LogP contribution in [0.25, 0.3) is 0 Å². The highest BCUT2D eigenvalue weighted by atomic mass is 16.7. The van der Waals surface area contributed by atoms with Gasteiger partial charge in [0.15, 0.2) is 5.92 Å². The first-order valence-corrected chi connectivity index (χ1v) is 4.83. The van der Waals surface area contributed by atoms with Crippen LogP contribution in [0.5, 0.6) is 0 Å². The third kappa shape index (κ3) is 1.77. The fraction of sp³-hybridized carbons (Fsp3) is 0.273. The zero-order valence-corrected chi connectivity index (χ0v) is 8.67. The molecule has 5 heteroatoms. The van der Waals surface area contributed by atoms with Crippen molar-refractivity contribution in [1.82, 2.24) is 5.48 Å². The first-order chi connectivity index (χ1) is 7.74. The molecule has 1 N–H and O–H groups in total. The van der Waals surface area contributed by atoms with Crippen molar-refractivity contribution < 1.29 is 19.2 Å². The molecule has 0 radical (unpaired) electrons. The van der Waals surface area contributed by atoms with Gasteiger partial charge >= 0.3 is 11.9 Å². The normalized spacial score (nSPS) is 23.9. The Kier molecular flexibility index (Phi) is 2.87. The minimum atomic E-state index is -0.938. The average molecular weight is 221 g/mol. The summed E-state index contributed by atoms with van der Waals surface area (Å²) < 4.78 is 4.58. The fourth-order valence-corrected chi connectivity index (χ4v) is 1.67. The molecule has 1 aliphatic rings. The first kappa shape index (κ1) is 10.6. The van der Waals surface area contributed by atoms with Gasteiger partial charge in [-0.2, -0.15) is 0 Å². The Bertz CT molecular complexity index is 404. The van der Waals surface area contributed by atoms with Gasteiger partial charge in [0.1, 0.15) is 0 Å². The summed E-state index contributed by atoms with van der Waals surface area (Å²) in [5.41, 5.74) is 3.35. The smallest absolute Gasteiger partial charge is 0.341 e. The molecule has 1 aromatic rings. The minimum Gasteiger partial charge on any atom is -0.468 e. The monoisotopic (exact) mass is 221 g/mol. The Labute approximate surface area is 92.3 Å². The predicted molar refractivity (Wildman–Crippen MR) is 53.9 cm³/mol. The maximum Gasteiger partial charge on any atom is 0.341 e. The van der Waals surface area contributed by atoms with Crippen LogP contribution in [0, 0.1) is 5.92 Å². The van der Waals surface area contributed by atoms with E-state index in [1.54, 1.807) is 0 Å². The number of nitrogens with one attached hydrogen (secondary N) is 1. The van der Waals surface area contributed by atoms with Gasteiger partial charge in [0.25, 0.3) is 0 Å². The third-order valence-electron chi connectivity index (χ3n) is 2.49. The van der Waals surface area contributed by atoms with Crippen LogP contribution in [0.15, 0.2) is 30.3 Å². The molecule has 0 amide bonds. The van der Waals surface area contributed by atoms with E-state index in [1.807, 2.05) is 30.3 Å². The minimum absolute atomic E-state index is 0.485. The van der Waals surface area contributed by atoms with Crippen LogP contribution in [0.2, 0.25) is 0 Å². The van der Waals surface area contributed by atoms with Crippen LogP contribution in [0.1, 0.15) is 11.6 Å². The van der Waals surface area contributed by atoms with E-state index in [0.29, 0.717) is 0 Å². The summed E-state index contributed by atoms with van der Waals surface area (Å²) in [6.45, 7) is 0. The molecule has 84 valence electrons. The summed E-state index contributed by atoms with van der Waals surface area (Å²) >= 11 is 0. The number of methoxy groups -OCH3 is 1. The fourth-order valence-electron chi connectivity index (χ4n) is 1.67. The summed E-state index contributed by atoms with van der Waals surface area (Å²) in [7, 11) is 1.25. The van der Waals surface area contributed by atoms with Crippen LogP contribution in [0.3, 0.4) is 0 Å². The number of carbonyl (C=O) groups is 2. The largest absolute Gasteiger partial charge is 0.468 e. The number of carbonyl (C=O) groups excluding carboxylic acids is 2. The number of esters is 1. The Morgan fingerprint density at radius 3 is 2.69 bits per heavy atom. The second kappa shape index (κ2) is 4.32. The van der Waals surface area contributed by atoms with Gasteiger partial charge < -0.3 is 9.57 Å². The zero-order valence-electron chi connectivity index (χ0n) is 8.67. The Morgan fingerprint density at radius 1 is 1.38 bits per heavy atom. The summed E-state index contributed by atoms with van der Waals surface area (Å²) in [4.78, 5) is 27.5. The molecule has 2 unspecified atom stereocenters. The van der Waals surface area contributed by atoms with E-state index in [1.165, 1.54) is 7.11 Å². The molecule has 1 fully saturated rings. The lowest BCUT2D eigenvalue weighted by Gasteiger charge is -2.12. The molecule has 2 atom stereocenters. The van der Waals surface area contributed by atoms with Crippen molar-refractivity contribution in [2.75, 3.05) is 7.11 Å². The lowest BCUT2D eigenvalue weighted by molar-refractivity contribution is -0.155. The van der Waals surface area contributed by atoms with Crippen molar-refractivity contribution in [2.45, 2.75) is 6.04 Å². The highest BCUT2D eigenvalue weighted by molar-refractivity contribution is 5.96. The predicted octanol–water partition coefficient (Wildman–Crippen LogP) is 0.578. The van der Waals surface area contributed by atoms with Gasteiger partial charge in [-0.15, -0.1) is 5.48 Å². The molecule has 0 bridgehead atoms. The maximum absolute atomic E-state index is 11.4. The van der Waals surface area contributed by atoms with E-state index in [0.717, 1.165) is 5.56 Å². The molecule has 1 aliphatic heterocycles. The van der Waals surface area contributed by atoms with Crippen molar-refractivity contribution in [2.24, 2.45) is 5.92 Å². The highest BCUT2D eigenvalue weighted by Crippen LogP contribution is 2.28.